The molecule has 31 heavy (non-hydrogen) atoms. The highest BCUT2D eigenvalue weighted by atomic mass is 16.5. The number of piperidine rings is 1. The Bertz CT molecular complexity index is 1220. The Hall–Kier alpha value is -3.78. The van der Waals surface area contributed by atoms with Gasteiger partial charge in [-0.05, 0) is 48.2 Å². The summed E-state index contributed by atoms with van der Waals surface area (Å²) < 4.78 is 7.99. The van der Waals surface area contributed by atoms with Gasteiger partial charge in [-0.15, -0.1) is 0 Å². The number of hydrogen-bond donors (Lipinski definition) is 0. The standard InChI is InChI=1S/C26H24N4O/c27-17-20-11-14-29(15-12-20)25-10-5-13-30-26(25)24(18-28-30)22-8-4-9-23(16-22)31-19-21-6-2-1-3-7-21/h1-10,13,16,18,20H,11-12,14-15,19H2. The number of anilines is 1. The van der Waals surface area contributed by atoms with Gasteiger partial charge in [-0.1, -0.05) is 42.5 Å². The second kappa shape index (κ2) is 8.53. The number of pyridine rings is 1. The lowest BCUT2D eigenvalue weighted by molar-refractivity contribution is 0.306. The van der Waals surface area contributed by atoms with E-state index in [9.17, 15) is 5.26 Å². The van der Waals surface area contributed by atoms with Crippen molar-refractivity contribution in [3.63, 3.8) is 0 Å². The van der Waals surface area contributed by atoms with Crippen molar-refractivity contribution in [2.24, 2.45) is 5.92 Å². The average molecular weight is 409 g/mol. The maximum atomic E-state index is 9.23. The van der Waals surface area contributed by atoms with E-state index in [0.29, 0.717) is 6.61 Å². The third-order valence-electron chi connectivity index (χ3n) is 5.93. The summed E-state index contributed by atoms with van der Waals surface area (Å²) in [4.78, 5) is 2.38. The van der Waals surface area contributed by atoms with E-state index in [-0.39, 0.29) is 5.92 Å². The molecule has 0 radical (unpaired) electrons. The van der Waals surface area contributed by atoms with Crippen LogP contribution < -0.4 is 9.64 Å². The molecule has 0 atom stereocenters. The fraction of sp³-hybridized carbons (Fsp3) is 0.231. The number of nitriles is 1. The largest absolute Gasteiger partial charge is 0.489 e. The van der Waals surface area contributed by atoms with Crippen LogP contribution >= 0.6 is 0 Å². The van der Waals surface area contributed by atoms with Gasteiger partial charge in [0, 0.05) is 30.8 Å². The smallest absolute Gasteiger partial charge is 0.120 e. The fourth-order valence-electron chi connectivity index (χ4n) is 4.24. The lowest BCUT2D eigenvalue weighted by atomic mass is 9.97. The summed E-state index contributed by atoms with van der Waals surface area (Å²) >= 11 is 0. The minimum atomic E-state index is 0.166. The van der Waals surface area contributed by atoms with Crippen molar-refractivity contribution in [1.29, 1.82) is 5.26 Å². The maximum Gasteiger partial charge on any atom is 0.120 e. The minimum absolute atomic E-state index is 0.166. The van der Waals surface area contributed by atoms with Crippen molar-refractivity contribution < 1.29 is 4.74 Å². The Morgan fingerprint density at radius 1 is 1.00 bits per heavy atom. The normalized spacial score (nSPS) is 14.5. The van der Waals surface area contributed by atoms with Crippen LogP contribution in [0.15, 0.2) is 79.1 Å². The molecule has 0 unspecified atom stereocenters. The first-order valence-corrected chi connectivity index (χ1v) is 10.7. The molecular weight excluding hydrogens is 384 g/mol. The van der Waals surface area contributed by atoms with E-state index >= 15 is 0 Å². The van der Waals surface area contributed by atoms with Crippen LogP contribution in [0.3, 0.4) is 0 Å². The molecular formula is C26H24N4O. The van der Waals surface area contributed by atoms with Crippen LogP contribution in [0, 0.1) is 17.2 Å². The number of hydrogen-bond acceptors (Lipinski definition) is 4. The van der Waals surface area contributed by atoms with E-state index in [1.807, 2.05) is 53.3 Å². The van der Waals surface area contributed by atoms with Crippen LogP contribution in [0.1, 0.15) is 18.4 Å². The van der Waals surface area contributed by atoms with Crippen molar-refractivity contribution in [3.05, 3.63) is 84.7 Å². The van der Waals surface area contributed by atoms with Gasteiger partial charge in [0.05, 0.1) is 23.5 Å². The van der Waals surface area contributed by atoms with E-state index < -0.39 is 0 Å². The molecule has 1 aliphatic heterocycles. The molecule has 154 valence electrons. The summed E-state index contributed by atoms with van der Waals surface area (Å²) in [6, 6.07) is 25.0. The van der Waals surface area contributed by atoms with Gasteiger partial charge in [0.15, 0.2) is 0 Å². The van der Waals surface area contributed by atoms with E-state index in [2.05, 4.69) is 46.4 Å². The minimum Gasteiger partial charge on any atom is -0.489 e. The molecule has 5 rings (SSSR count). The summed E-state index contributed by atoms with van der Waals surface area (Å²) in [6.45, 7) is 2.32. The zero-order valence-corrected chi connectivity index (χ0v) is 17.3. The number of fused-ring (bicyclic) bond motifs is 1. The third kappa shape index (κ3) is 3.97. The Morgan fingerprint density at radius 2 is 1.84 bits per heavy atom. The molecule has 2 aromatic heterocycles. The van der Waals surface area contributed by atoms with Crippen LogP contribution in [-0.2, 0) is 6.61 Å². The molecule has 5 heteroatoms. The van der Waals surface area contributed by atoms with Crippen LogP contribution in [0.2, 0.25) is 0 Å². The fourth-order valence-corrected chi connectivity index (χ4v) is 4.24. The zero-order valence-electron chi connectivity index (χ0n) is 17.3. The first-order chi connectivity index (χ1) is 15.3. The van der Waals surface area contributed by atoms with Crippen LogP contribution in [0.5, 0.6) is 5.75 Å². The summed E-state index contributed by atoms with van der Waals surface area (Å²) in [5.74, 6) is 1.01. The van der Waals surface area contributed by atoms with Crippen molar-refractivity contribution in [2.45, 2.75) is 19.4 Å². The summed E-state index contributed by atoms with van der Waals surface area (Å²) in [5.41, 5.74) is 5.58. The summed E-state index contributed by atoms with van der Waals surface area (Å²) in [5, 5.41) is 13.8. The highest BCUT2D eigenvalue weighted by Crippen LogP contribution is 2.35. The zero-order chi connectivity index (χ0) is 21.0. The molecule has 5 nitrogen and oxygen atoms in total. The van der Waals surface area contributed by atoms with Gasteiger partial charge in [-0.2, -0.15) is 10.4 Å². The molecule has 1 saturated heterocycles. The Balaban J connectivity index is 1.45. The molecule has 0 aliphatic carbocycles. The second-order valence-electron chi connectivity index (χ2n) is 7.94. The van der Waals surface area contributed by atoms with Gasteiger partial charge in [0.1, 0.15) is 12.4 Å². The highest BCUT2D eigenvalue weighted by molar-refractivity contribution is 5.90. The van der Waals surface area contributed by atoms with Crippen LogP contribution in [0.25, 0.3) is 16.6 Å². The summed E-state index contributed by atoms with van der Waals surface area (Å²) in [6.07, 6.45) is 5.73. The van der Waals surface area contributed by atoms with E-state index in [1.165, 1.54) is 5.69 Å². The molecule has 0 spiro atoms. The van der Waals surface area contributed by atoms with Crippen molar-refractivity contribution in [3.8, 4) is 22.9 Å². The predicted octanol–water partition coefficient (Wildman–Crippen LogP) is 5.32. The molecule has 2 aromatic carbocycles. The van der Waals surface area contributed by atoms with Crippen molar-refractivity contribution >= 4 is 11.2 Å². The molecule has 0 bridgehead atoms. The van der Waals surface area contributed by atoms with E-state index in [4.69, 9.17) is 4.74 Å². The monoisotopic (exact) mass is 408 g/mol. The molecule has 0 saturated carbocycles. The van der Waals surface area contributed by atoms with Gasteiger partial charge >= 0.3 is 0 Å². The summed E-state index contributed by atoms with van der Waals surface area (Å²) in [7, 11) is 0. The van der Waals surface area contributed by atoms with Gasteiger partial charge in [-0.3, -0.25) is 0 Å². The first-order valence-electron chi connectivity index (χ1n) is 10.7. The molecule has 0 N–H and O–H groups in total. The van der Waals surface area contributed by atoms with Gasteiger partial charge in [-0.25, -0.2) is 4.52 Å². The van der Waals surface area contributed by atoms with Gasteiger partial charge < -0.3 is 9.64 Å². The maximum absolute atomic E-state index is 9.23. The Kier molecular flexibility index (Phi) is 5.28. The quantitative estimate of drug-likeness (QED) is 0.448. The Labute approximate surface area is 182 Å². The van der Waals surface area contributed by atoms with Gasteiger partial charge in [0.2, 0.25) is 0 Å². The number of aromatic nitrogens is 2. The van der Waals surface area contributed by atoms with Crippen LogP contribution in [0.4, 0.5) is 5.69 Å². The molecule has 4 aromatic rings. The van der Waals surface area contributed by atoms with Crippen molar-refractivity contribution in [1.82, 2.24) is 9.61 Å². The Morgan fingerprint density at radius 3 is 2.65 bits per heavy atom. The van der Waals surface area contributed by atoms with E-state index in [0.717, 1.165) is 53.9 Å². The topological polar surface area (TPSA) is 53.6 Å². The van der Waals surface area contributed by atoms with E-state index in [1.54, 1.807) is 0 Å². The number of ether oxygens (including phenoxy) is 1. The molecule has 1 fully saturated rings. The molecule has 3 heterocycles. The second-order valence-corrected chi connectivity index (χ2v) is 7.94. The lowest BCUT2D eigenvalue weighted by Gasteiger charge is -2.31. The number of nitrogens with zero attached hydrogens (tertiary/aromatic N) is 4. The molecule has 1 aliphatic rings. The SMILES string of the molecule is N#CC1CCN(c2cccn3ncc(-c4cccc(OCc5ccccc5)c4)c23)CC1. The van der Waals surface area contributed by atoms with Gasteiger partial charge in [0.25, 0.3) is 0 Å². The molecule has 0 amide bonds. The predicted molar refractivity (Wildman–Crippen MR) is 122 cm³/mol. The number of rotatable bonds is 5. The lowest BCUT2D eigenvalue weighted by Crippen LogP contribution is -2.33. The highest BCUT2D eigenvalue weighted by Gasteiger charge is 2.22. The van der Waals surface area contributed by atoms with Crippen LogP contribution in [-0.4, -0.2) is 22.7 Å². The third-order valence-corrected chi connectivity index (χ3v) is 5.93. The van der Waals surface area contributed by atoms with Crippen molar-refractivity contribution in [2.75, 3.05) is 18.0 Å². The first kappa shape index (κ1) is 19.2. The number of benzene rings is 2. The average Bonchev–Trinajstić information content (AvgIpc) is 3.28.